The number of nitrogens with two attached hydrogens (primary N) is 1. The lowest BCUT2D eigenvalue weighted by Crippen LogP contribution is -2.31. The van der Waals surface area contributed by atoms with E-state index in [4.69, 9.17) is 10.9 Å². The van der Waals surface area contributed by atoms with Crippen molar-refractivity contribution in [2.45, 2.75) is 13.0 Å². The van der Waals surface area contributed by atoms with Gasteiger partial charge in [-0.1, -0.05) is 24.3 Å². The van der Waals surface area contributed by atoms with Crippen molar-refractivity contribution in [1.82, 2.24) is 5.43 Å². The SMILES string of the molecule is NNC(=O)Cc1cccc(CO)c1. The van der Waals surface area contributed by atoms with Crippen molar-refractivity contribution in [1.29, 1.82) is 0 Å². The van der Waals surface area contributed by atoms with Crippen LogP contribution in [0.2, 0.25) is 0 Å². The second-order valence-corrected chi connectivity index (χ2v) is 2.72. The number of amides is 1. The third-order valence-corrected chi connectivity index (χ3v) is 1.70. The molecule has 0 heterocycles. The Morgan fingerprint density at radius 3 is 2.77 bits per heavy atom. The Kier molecular flexibility index (Phi) is 3.42. The second-order valence-electron chi connectivity index (χ2n) is 2.72. The van der Waals surface area contributed by atoms with E-state index in [9.17, 15) is 4.79 Å². The van der Waals surface area contributed by atoms with Gasteiger partial charge in [0.2, 0.25) is 5.91 Å². The van der Waals surface area contributed by atoms with Crippen molar-refractivity contribution in [3.8, 4) is 0 Å². The van der Waals surface area contributed by atoms with Gasteiger partial charge in [0.15, 0.2) is 0 Å². The average Bonchev–Trinajstić information content (AvgIpc) is 2.18. The van der Waals surface area contributed by atoms with Gasteiger partial charge in [-0.3, -0.25) is 10.2 Å². The molecule has 0 saturated carbocycles. The highest BCUT2D eigenvalue weighted by Crippen LogP contribution is 2.05. The lowest BCUT2D eigenvalue weighted by Gasteiger charge is -2.01. The summed E-state index contributed by atoms with van der Waals surface area (Å²) in [6.45, 7) is -0.0158. The summed E-state index contributed by atoms with van der Waals surface area (Å²) in [6, 6.07) is 7.18. The van der Waals surface area contributed by atoms with Crippen molar-refractivity contribution in [3.05, 3.63) is 35.4 Å². The zero-order chi connectivity index (χ0) is 9.68. The van der Waals surface area contributed by atoms with Crippen LogP contribution in [0.25, 0.3) is 0 Å². The van der Waals surface area contributed by atoms with Gasteiger partial charge in [-0.15, -0.1) is 0 Å². The Bertz CT molecular complexity index is 299. The number of hydrogen-bond donors (Lipinski definition) is 3. The molecule has 0 unspecified atom stereocenters. The molecule has 0 atom stereocenters. The number of hydrogen-bond acceptors (Lipinski definition) is 3. The number of rotatable bonds is 3. The topological polar surface area (TPSA) is 75.3 Å². The smallest absolute Gasteiger partial charge is 0.238 e. The quantitative estimate of drug-likeness (QED) is 0.340. The van der Waals surface area contributed by atoms with Crippen LogP contribution < -0.4 is 11.3 Å². The van der Waals surface area contributed by atoms with Gasteiger partial charge in [-0.25, -0.2) is 5.84 Å². The Morgan fingerprint density at radius 2 is 2.15 bits per heavy atom. The number of benzene rings is 1. The summed E-state index contributed by atoms with van der Waals surface area (Å²) in [5.41, 5.74) is 3.69. The predicted octanol–water partition coefficient (Wildman–Crippen LogP) is -0.289. The van der Waals surface area contributed by atoms with Gasteiger partial charge in [0.25, 0.3) is 0 Å². The third-order valence-electron chi connectivity index (χ3n) is 1.70. The number of nitrogens with one attached hydrogen (secondary N) is 1. The lowest BCUT2D eigenvalue weighted by molar-refractivity contribution is -0.120. The standard InChI is InChI=1S/C9H12N2O2/c10-11-9(13)5-7-2-1-3-8(4-7)6-12/h1-4,12H,5-6,10H2,(H,11,13). The zero-order valence-electron chi connectivity index (χ0n) is 7.16. The van der Waals surface area contributed by atoms with E-state index < -0.39 is 0 Å². The van der Waals surface area contributed by atoms with Crippen LogP contribution in [0.3, 0.4) is 0 Å². The molecule has 0 fully saturated rings. The van der Waals surface area contributed by atoms with Crippen molar-refractivity contribution in [2.24, 2.45) is 5.84 Å². The van der Waals surface area contributed by atoms with E-state index in [1.165, 1.54) is 0 Å². The van der Waals surface area contributed by atoms with Crippen LogP contribution in [0, 0.1) is 0 Å². The molecule has 0 aliphatic carbocycles. The van der Waals surface area contributed by atoms with Crippen LogP contribution in [0.15, 0.2) is 24.3 Å². The summed E-state index contributed by atoms with van der Waals surface area (Å²) < 4.78 is 0. The van der Waals surface area contributed by atoms with E-state index in [1.54, 1.807) is 18.2 Å². The van der Waals surface area contributed by atoms with Crippen molar-refractivity contribution in [3.63, 3.8) is 0 Å². The summed E-state index contributed by atoms with van der Waals surface area (Å²) in [4.78, 5) is 10.9. The molecule has 0 radical (unpaired) electrons. The fraction of sp³-hybridized carbons (Fsp3) is 0.222. The summed E-state index contributed by atoms with van der Waals surface area (Å²) in [7, 11) is 0. The third kappa shape index (κ3) is 2.85. The minimum absolute atomic E-state index is 0.0158. The van der Waals surface area contributed by atoms with E-state index in [1.807, 2.05) is 11.5 Å². The van der Waals surface area contributed by atoms with Crippen molar-refractivity contribution < 1.29 is 9.90 Å². The van der Waals surface area contributed by atoms with E-state index in [-0.39, 0.29) is 18.9 Å². The fourth-order valence-corrected chi connectivity index (χ4v) is 1.07. The van der Waals surface area contributed by atoms with Crippen LogP contribution in [-0.2, 0) is 17.8 Å². The van der Waals surface area contributed by atoms with Gasteiger partial charge in [0.1, 0.15) is 0 Å². The molecular weight excluding hydrogens is 168 g/mol. The first-order valence-electron chi connectivity index (χ1n) is 3.94. The monoisotopic (exact) mass is 180 g/mol. The van der Waals surface area contributed by atoms with Gasteiger partial charge in [0, 0.05) is 0 Å². The molecule has 4 N–H and O–H groups in total. The first-order chi connectivity index (χ1) is 6.26. The predicted molar refractivity (Wildman–Crippen MR) is 48.4 cm³/mol. The Labute approximate surface area is 76.3 Å². The normalized spacial score (nSPS) is 9.69. The summed E-state index contributed by atoms with van der Waals surface area (Å²) in [5, 5.41) is 8.83. The molecule has 1 aromatic rings. The highest BCUT2D eigenvalue weighted by molar-refractivity contribution is 5.77. The molecule has 1 rings (SSSR count). The summed E-state index contributed by atoms with van der Waals surface area (Å²) in [6.07, 6.45) is 0.240. The van der Waals surface area contributed by atoms with Crippen LogP contribution in [-0.4, -0.2) is 11.0 Å². The maximum Gasteiger partial charge on any atom is 0.238 e. The highest BCUT2D eigenvalue weighted by Gasteiger charge is 2.01. The first kappa shape index (κ1) is 9.70. The average molecular weight is 180 g/mol. The van der Waals surface area contributed by atoms with Gasteiger partial charge >= 0.3 is 0 Å². The van der Waals surface area contributed by atoms with E-state index in [0.29, 0.717) is 0 Å². The van der Waals surface area contributed by atoms with Crippen LogP contribution in [0.4, 0.5) is 0 Å². The van der Waals surface area contributed by atoms with Crippen LogP contribution in [0.5, 0.6) is 0 Å². The number of aliphatic hydroxyl groups is 1. The summed E-state index contributed by atoms with van der Waals surface area (Å²) >= 11 is 0. The Morgan fingerprint density at radius 1 is 1.46 bits per heavy atom. The molecule has 0 bridgehead atoms. The van der Waals surface area contributed by atoms with E-state index >= 15 is 0 Å². The Hall–Kier alpha value is -1.39. The summed E-state index contributed by atoms with van der Waals surface area (Å²) in [5.74, 6) is 4.70. The van der Waals surface area contributed by atoms with E-state index in [0.717, 1.165) is 11.1 Å². The molecular formula is C9H12N2O2. The molecule has 1 amide bonds. The molecule has 0 aromatic heterocycles. The van der Waals surface area contributed by atoms with Crippen LogP contribution in [0.1, 0.15) is 11.1 Å². The number of carbonyl (C=O) groups excluding carboxylic acids is 1. The number of hydrazine groups is 1. The Balaban J connectivity index is 2.71. The molecule has 70 valence electrons. The molecule has 0 aliphatic heterocycles. The van der Waals surface area contributed by atoms with E-state index in [2.05, 4.69) is 0 Å². The first-order valence-corrected chi connectivity index (χ1v) is 3.94. The maximum absolute atomic E-state index is 10.9. The largest absolute Gasteiger partial charge is 0.392 e. The molecule has 4 nitrogen and oxygen atoms in total. The molecule has 0 saturated heterocycles. The highest BCUT2D eigenvalue weighted by atomic mass is 16.3. The number of aliphatic hydroxyl groups excluding tert-OH is 1. The minimum atomic E-state index is -0.241. The van der Waals surface area contributed by atoms with Crippen molar-refractivity contribution in [2.75, 3.05) is 0 Å². The maximum atomic E-state index is 10.9. The van der Waals surface area contributed by atoms with Crippen LogP contribution >= 0.6 is 0 Å². The van der Waals surface area contributed by atoms with Gasteiger partial charge in [0.05, 0.1) is 13.0 Å². The molecule has 0 spiro atoms. The van der Waals surface area contributed by atoms with Gasteiger partial charge < -0.3 is 5.11 Å². The number of carbonyl (C=O) groups is 1. The minimum Gasteiger partial charge on any atom is -0.392 e. The van der Waals surface area contributed by atoms with Gasteiger partial charge in [-0.2, -0.15) is 0 Å². The fourth-order valence-electron chi connectivity index (χ4n) is 1.07. The zero-order valence-corrected chi connectivity index (χ0v) is 7.16. The van der Waals surface area contributed by atoms with Gasteiger partial charge in [-0.05, 0) is 11.1 Å². The molecule has 1 aromatic carbocycles. The molecule has 0 aliphatic rings. The molecule has 4 heteroatoms. The second kappa shape index (κ2) is 4.59. The van der Waals surface area contributed by atoms with Crippen molar-refractivity contribution >= 4 is 5.91 Å². The molecule has 13 heavy (non-hydrogen) atoms. The lowest BCUT2D eigenvalue weighted by atomic mass is 10.1.